The molecule has 1 N–H and O–H groups in total. The van der Waals surface area contributed by atoms with Crippen LogP contribution in [0.4, 0.5) is 11.4 Å². The van der Waals surface area contributed by atoms with Gasteiger partial charge in [0.15, 0.2) is 0 Å². The Morgan fingerprint density at radius 1 is 0.939 bits per heavy atom. The number of sulfonamides is 2. The van der Waals surface area contributed by atoms with E-state index in [4.69, 9.17) is 0 Å². The molecule has 0 aliphatic carbocycles. The lowest BCUT2D eigenvalue weighted by Gasteiger charge is -2.25. The Morgan fingerprint density at radius 3 is 2.12 bits per heavy atom. The number of piperidine rings is 1. The summed E-state index contributed by atoms with van der Waals surface area (Å²) in [6, 6.07) is 13.3. The Kier molecular flexibility index (Phi) is 8.14. The molecule has 10 heteroatoms. The minimum Gasteiger partial charge on any atom is -0.326 e. The first-order valence-corrected chi connectivity index (χ1v) is 14.3. The smallest absolute Gasteiger partial charge is 0.243 e. The van der Waals surface area contributed by atoms with E-state index in [0.29, 0.717) is 30.9 Å². The Bertz CT molecular complexity index is 1160. The first kappa shape index (κ1) is 25.2. The fourth-order valence-electron chi connectivity index (χ4n) is 3.77. The third kappa shape index (κ3) is 6.78. The van der Waals surface area contributed by atoms with Crippen LogP contribution in [0.25, 0.3) is 0 Å². The fraction of sp³-hybridized carbons (Fsp3) is 0.435. The Hall–Kier alpha value is -2.43. The summed E-state index contributed by atoms with van der Waals surface area (Å²) >= 11 is 0. The van der Waals surface area contributed by atoms with Gasteiger partial charge in [-0.2, -0.15) is 4.31 Å². The van der Waals surface area contributed by atoms with Crippen molar-refractivity contribution in [1.82, 2.24) is 4.31 Å². The summed E-state index contributed by atoms with van der Waals surface area (Å²) in [6.45, 7) is 3.18. The van der Waals surface area contributed by atoms with Gasteiger partial charge in [0.1, 0.15) is 0 Å². The summed E-state index contributed by atoms with van der Waals surface area (Å²) in [5.41, 5.74) is 2.09. The number of nitrogens with zero attached hydrogens (tertiary/aromatic N) is 2. The molecule has 1 aliphatic heterocycles. The van der Waals surface area contributed by atoms with Crippen molar-refractivity contribution >= 4 is 37.3 Å². The molecule has 0 saturated carbocycles. The van der Waals surface area contributed by atoms with Crippen molar-refractivity contribution in [2.75, 3.05) is 35.5 Å². The summed E-state index contributed by atoms with van der Waals surface area (Å²) in [5.74, 6) is -0.265. The van der Waals surface area contributed by atoms with Gasteiger partial charge in [-0.3, -0.25) is 9.10 Å². The van der Waals surface area contributed by atoms with E-state index >= 15 is 0 Å². The van der Waals surface area contributed by atoms with Crippen LogP contribution in [-0.4, -0.2) is 52.9 Å². The lowest BCUT2D eigenvalue weighted by molar-refractivity contribution is -0.116. The molecule has 1 aliphatic rings. The van der Waals surface area contributed by atoms with Crippen molar-refractivity contribution in [2.45, 2.75) is 43.9 Å². The van der Waals surface area contributed by atoms with E-state index in [0.717, 1.165) is 31.1 Å². The van der Waals surface area contributed by atoms with Crippen LogP contribution in [0.2, 0.25) is 0 Å². The first-order valence-electron chi connectivity index (χ1n) is 11.0. The average molecular weight is 494 g/mol. The zero-order valence-corrected chi connectivity index (χ0v) is 20.7. The second kappa shape index (κ2) is 10.7. The summed E-state index contributed by atoms with van der Waals surface area (Å²) in [5, 5.41) is 2.74. The van der Waals surface area contributed by atoms with Crippen LogP contribution in [0, 0.1) is 6.92 Å². The number of hydrogen-bond acceptors (Lipinski definition) is 5. The molecule has 1 fully saturated rings. The van der Waals surface area contributed by atoms with E-state index in [-0.39, 0.29) is 23.8 Å². The second-order valence-corrected chi connectivity index (χ2v) is 12.2. The van der Waals surface area contributed by atoms with E-state index in [1.54, 1.807) is 24.3 Å². The molecule has 0 unspecified atom stereocenters. The first-order chi connectivity index (χ1) is 15.6. The maximum atomic E-state index is 12.7. The zero-order chi connectivity index (χ0) is 24.1. The maximum absolute atomic E-state index is 12.7. The summed E-state index contributed by atoms with van der Waals surface area (Å²) in [6.07, 6.45) is 4.40. The van der Waals surface area contributed by atoms with Crippen molar-refractivity contribution in [1.29, 1.82) is 0 Å². The molecule has 8 nitrogen and oxygen atoms in total. The number of nitrogens with one attached hydrogen (secondary N) is 1. The van der Waals surface area contributed by atoms with E-state index in [9.17, 15) is 21.6 Å². The Balaban J connectivity index is 1.55. The van der Waals surface area contributed by atoms with Crippen LogP contribution in [0.5, 0.6) is 0 Å². The van der Waals surface area contributed by atoms with Crippen molar-refractivity contribution in [3.05, 3.63) is 54.1 Å². The predicted molar refractivity (Wildman–Crippen MR) is 130 cm³/mol. The number of hydrogen-bond donors (Lipinski definition) is 1. The minimum atomic E-state index is -3.52. The molecular weight excluding hydrogens is 462 g/mol. The molecule has 0 bridgehead atoms. The normalized spacial score (nSPS) is 15.2. The summed E-state index contributed by atoms with van der Waals surface area (Å²) in [7, 11) is -6.99. The largest absolute Gasteiger partial charge is 0.326 e. The fourth-order valence-corrected chi connectivity index (χ4v) is 6.25. The number of aryl methyl sites for hydroxylation is 1. The van der Waals surface area contributed by atoms with Gasteiger partial charge in [-0.1, -0.05) is 24.1 Å². The molecule has 1 heterocycles. The standard InChI is InChI=1S/C23H31N3O5S2/c1-19-8-12-21(13-9-19)26(32(2,28)29)18-6-7-23(27)24-20-10-14-22(15-11-20)33(30,31)25-16-4-3-5-17-25/h8-15H,3-7,16-18H2,1-2H3,(H,24,27). The van der Waals surface area contributed by atoms with Crippen LogP contribution in [-0.2, 0) is 24.8 Å². The number of anilines is 2. The number of carbonyl (C=O) groups excluding carboxylic acids is 1. The van der Waals surface area contributed by atoms with Gasteiger partial charge in [0.2, 0.25) is 26.0 Å². The van der Waals surface area contributed by atoms with Gasteiger partial charge in [-0.15, -0.1) is 0 Å². The molecule has 2 aromatic carbocycles. The lowest BCUT2D eigenvalue weighted by atomic mass is 10.2. The monoisotopic (exact) mass is 493 g/mol. The maximum Gasteiger partial charge on any atom is 0.243 e. The molecule has 0 spiro atoms. The molecule has 33 heavy (non-hydrogen) atoms. The van der Waals surface area contributed by atoms with Crippen LogP contribution in [0.15, 0.2) is 53.4 Å². The van der Waals surface area contributed by atoms with Crippen molar-refractivity contribution in [3.8, 4) is 0 Å². The molecule has 1 amide bonds. The van der Waals surface area contributed by atoms with Gasteiger partial charge < -0.3 is 5.32 Å². The van der Waals surface area contributed by atoms with Gasteiger partial charge in [-0.05, 0) is 62.6 Å². The lowest BCUT2D eigenvalue weighted by Crippen LogP contribution is -2.35. The molecule has 0 radical (unpaired) electrons. The molecule has 1 saturated heterocycles. The Labute approximate surface area is 196 Å². The molecule has 0 atom stereocenters. The molecule has 180 valence electrons. The van der Waals surface area contributed by atoms with Crippen molar-refractivity contribution < 1.29 is 21.6 Å². The number of carbonyl (C=O) groups is 1. The highest BCUT2D eigenvalue weighted by molar-refractivity contribution is 7.92. The van der Waals surface area contributed by atoms with E-state index in [1.807, 2.05) is 19.1 Å². The minimum absolute atomic E-state index is 0.131. The van der Waals surface area contributed by atoms with Crippen LogP contribution < -0.4 is 9.62 Å². The van der Waals surface area contributed by atoms with Gasteiger partial charge in [0.25, 0.3) is 0 Å². The van der Waals surface area contributed by atoms with Gasteiger partial charge in [-0.25, -0.2) is 16.8 Å². The van der Waals surface area contributed by atoms with E-state index in [1.165, 1.54) is 20.7 Å². The van der Waals surface area contributed by atoms with Gasteiger partial charge in [0, 0.05) is 31.7 Å². The number of benzene rings is 2. The van der Waals surface area contributed by atoms with Crippen molar-refractivity contribution in [2.24, 2.45) is 0 Å². The molecular formula is C23H31N3O5S2. The highest BCUT2D eigenvalue weighted by atomic mass is 32.2. The van der Waals surface area contributed by atoms with E-state index in [2.05, 4.69) is 5.32 Å². The highest BCUT2D eigenvalue weighted by Gasteiger charge is 2.25. The molecule has 3 rings (SSSR count). The van der Waals surface area contributed by atoms with Gasteiger partial charge in [0.05, 0.1) is 16.8 Å². The summed E-state index contributed by atoms with van der Waals surface area (Å²) < 4.78 is 52.6. The topological polar surface area (TPSA) is 104 Å². The van der Waals surface area contributed by atoms with Crippen LogP contribution in [0.1, 0.15) is 37.7 Å². The van der Waals surface area contributed by atoms with Crippen LogP contribution in [0.3, 0.4) is 0 Å². The Morgan fingerprint density at radius 2 is 1.55 bits per heavy atom. The van der Waals surface area contributed by atoms with E-state index < -0.39 is 20.0 Å². The second-order valence-electron chi connectivity index (χ2n) is 8.31. The molecule has 2 aromatic rings. The van der Waals surface area contributed by atoms with Crippen molar-refractivity contribution in [3.63, 3.8) is 0 Å². The SMILES string of the molecule is Cc1ccc(N(CCCC(=O)Nc2ccc(S(=O)(=O)N3CCCCC3)cc2)S(C)(=O)=O)cc1. The quantitative estimate of drug-likeness (QED) is 0.577. The van der Waals surface area contributed by atoms with Gasteiger partial charge >= 0.3 is 0 Å². The number of rotatable bonds is 9. The van der Waals surface area contributed by atoms with Crippen LogP contribution >= 0.6 is 0 Å². The molecule has 0 aromatic heterocycles. The average Bonchev–Trinajstić information content (AvgIpc) is 2.78. The summed E-state index contributed by atoms with van der Waals surface area (Å²) in [4.78, 5) is 12.6. The zero-order valence-electron chi connectivity index (χ0n) is 19.0. The third-order valence-electron chi connectivity index (χ3n) is 5.58. The highest BCUT2D eigenvalue weighted by Crippen LogP contribution is 2.22. The third-order valence-corrected chi connectivity index (χ3v) is 8.69. The number of amides is 1. The predicted octanol–water partition coefficient (Wildman–Crippen LogP) is 3.35.